The lowest BCUT2D eigenvalue weighted by atomic mass is 10.1. The molecule has 0 amide bonds. The average molecular weight is 282 g/mol. The Bertz CT molecular complexity index is 553. The molecule has 0 radical (unpaired) electrons. The van der Waals surface area contributed by atoms with E-state index in [-0.39, 0.29) is 5.82 Å². The Morgan fingerprint density at radius 2 is 2.21 bits per heavy atom. The van der Waals surface area contributed by atoms with Crippen molar-refractivity contribution in [2.75, 3.05) is 13.6 Å². The quantitative estimate of drug-likeness (QED) is 0.906. The van der Waals surface area contributed by atoms with Gasteiger partial charge in [-0.3, -0.25) is 5.10 Å². The smallest absolute Gasteiger partial charge is 0.132 e. The first kappa shape index (κ1) is 14.0. The molecule has 1 heterocycles. The molecule has 1 aromatic heterocycles. The molecule has 0 unspecified atom stereocenters. The van der Waals surface area contributed by atoms with Gasteiger partial charge in [-0.25, -0.2) is 4.39 Å². The van der Waals surface area contributed by atoms with Gasteiger partial charge < -0.3 is 4.90 Å². The highest BCUT2D eigenvalue weighted by atomic mass is 35.5. The standard InChI is InChI=1S/C14H17ClFN3/c1-3-6-19(2)9-10-8-17-18-14(10)12-7-11(15)4-5-13(12)16/h4-5,7-8H,3,6,9H2,1-2H3,(H,17,18). The van der Waals surface area contributed by atoms with Crippen molar-refractivity contribution in [3.8, 4) is 11.3 Å². The Kier molecular flexibility index (Phi) is 4.56. The van der Waals surface area contributed by atoms with Crippen molar-refractivity contribution in [3.63, 3.8) is 0 Å². The largest absolute Gasteiger partial charge is 0.302 e. The van der Waals surface area contributed by atoms with Crippen molar-refractivity contribution < 1.29 is 4.39 Å². The molecule has 0 atom stereocenters. The maximum Gasteiger partial charge on any atom is 0.132 e. The molecule has 0 saturated heterocycles. The summed E-state index contributed by atoms with van der Waals surface area (Å²) in [7, 11) is 2.04. The normalized spacial score (nSPS) is 11.2. The van der Waals surface area contributed by atoms with E-state index in [0.717, 1.165) is 25.1 Å². The van der Waals surface area contributed by atoms with Gasteiger partial charge in [-0.15, -0.1) is 0 Å². The van der Waals surface area contributed by atoms with E-state index in [1.54, 1.807) is 6.07 Å². The molecule has 1 aromatic carbocycles. The molecule has 0 spiro atoms. The van der Waals surface area contributed by atoms with E-state index in [4.69, 9.17) is 11.6 Å². The molecule has 2 rings (SSSR count). The van der Waals surface area contributed by atoms with E-state index in [1.165, 1.54) is 12.1 Å². The van der Waals surface area contributed by atoms with E-state index >= 15 is 0 Å². The number of rotatable bonds is 5. The third kappa shape index (κ3) is 3.33. The van der Waals surface area contributed by atoms with Crippen LogP contribution in [0.25, 0.3) is 11.3 Å². The topological polar surface area (TPSA) is 31.9 Å². The lowest BCUT2D eigenvalue weighted by molar-refractivity contribution is 0.328. The number of nitrogens with one attached hydrogen (secondary N) is 1. The number of aromatic amines is 1. The molecule has 2 aromatic rings. The second-order valence-electron chi connectivity index (χ2n) is 4.62. The van der Waals surface area contributed by atoms with E-state index in [9.17, 15) is 4.39 Å². The SMILES string of the molecule is CCCN(C)Cc1c[nH]nc1-c1cc(Cl)ccc1F. The van der Waals surface area contributed by atoms with Crippen molar-refractivity contribution >= 4 is 11.6 Å². The van der Waals surface area contributed by atoms with Crippen LogP contribution in [-0.2, 0) is 6.54 Å². The first-order valence-electron chi connectivity index (χ1n) is 6.28. The summed E-state index contributed by atoms with van der Waals surface area (Å²) in [5.74, 6) is -0.309. The highest BCUT2D eigenvalue weighted by molar-refractivity contribution is 6.30. The van der Waals surface area contributed by atoms with Gasteiger partial charge in [-0.1, -0.05) is 18.5 Å². The summed E-state index contributed by atoms with van der Waals surface area (Å²) in [4.78, 5) is 2.18. The predicted octanol–water partition coefficient (Wildman–Crippen LogP) is 3.71. The molecule has 0 aliphatic carbocycles. The highest BCUT2D eigenvalue weighted by Crippen LogP contribution is 2.27. The monoisotopic (exact) mass is 281 g/mol. The van der Waals surface area contributed by atoms with Crippen LogP contribution in [0.2, 0.25) is 5.02 Å². The zero-order valence-electron chi connectivity index (χ0n) is 11.1. The zero-order chi connectivity index (χ0) is 13.8. The summed E-state index contributed by atoms with van der Waals surface area (Å²) in [6, 6.07) is 4.51. The molecule has 1 N–H and O–H groups in total. The van der Waals surface area contributed by atoms with Gasteiger partial charge in [0.15, 0.2) is 0 Å². The maximum atomic E-state index is 13.9. The molecule has 0 aliphatic heterocycles. The van der Waals surface area contributed by atoms with Crippen molar-refractivity contribution in [1.82, 2.24) is 15.1 Å². The molecule has 3 nitrogen and oxygen atoms in total. The summed E-state index contributed by atoms with van der Waals surface area (Å²) in [5.41, 5.74) is 2.04. The maximum absolute atomic E-state index is 13.9. The fourth-order valence-electron chi connectivity index (χ4n) is 2.10. The number of H-pyrrole nitrogens is 1. The van der Waals surface area contributed by atoms with Crippen LogP contribution in [0.3, 0.4) is 0 Å². The first-order chi connectivity index (χ1) is 9.11. The van der Waals surface area contributed by atoms with Crippen LogP contribution in [0.4, 0.5) is 4.39 Å². The van der Waals surface area contributed by atoms with Crippen molar-refractivity contribution in [3.05, 3.63) is 40.8 Å². The molecule has 5 heteroatoms. The van der Waals surface area contributed by atoms with Crippen LogP contribution >= 0.6 is 11.6 Å². The Labute approximate surface area is 117 Å². The summed E-state index contributed by atoms with van der Waals surface area (Å²) in [6.45, 7) is 3.84. The number of nitrogens with zero attached hydrogens (tertiary/aromatic N) is 2. The minimum Gasteiger partial charge on any atom is -0.302 e. The number of halogens is 2. The van der Waals surface area contributed by atoms with E-state index in [0.29, 0.717) is 16.3 Å². The molecule has 19 heavy (non-hydrogen) atoms. The minimum atomic E-state index is -0.309. The van der Waals surface area contributed by atoms with E-state index < -0.39 is 0 Å². The third-order valence-corrected chi connectivity index (χ3v) is 3.18. The average Bonchev–Trinajstić information content (AvgIpc) is 2.80. The van der Waals surface area contributed by atoms with Crippen molar-refractivity contribution in [1.29, 1.82) is 0 Å². The molecule has 0 fully saturated rings. The summed E-state index contributed by atoms with van der Waals surface area (Å²) in [6.07, 6.45) is 2.89. The second-order valence-corrected chi connectivity index (χ2v) is 5.06. The van der Waals surface area contributed by atoms with Gasteiger partial charge >= 0.3 is 0 Å². The third-order valence-electron chi connectivity index (χ3n) is 2.95. The molecular formula is C14H17ClFN3. The molecule has 0 aliphatic rings. The number of hydrogen-bond acceptors (Lipinski definition) is 2. The summed E-state index contributed by atoms with van der Waals surface area (Å²) >= 11 is 5.93. The zero-order valence-corrected chi connectivity index (χ0v) is 11.8. The van der Waals surface area contributed by atoms with Gasteiger partial charge in [0, 0.05) is 28.9 Å². The van der Waals surface area contributed by atoms with Crippen molar-refractivity contribution in [2.45, 2.75) is 19.9 Å². The van der Waals surface area contributed by atoms with Crippen LogP contribution < -0.4 is 0 Å². The Hall–Kier alpha value is -1.39. The number of hydrogen-bond donors (Lipinski definition) is 1. The van der Waals surface area contributed by atoms with Crippen LogP contribution in [0.15, 0.2) is 24.4 Å². The van der Waals surface area contributed by atoms with Crippen LogP contribution in [0, 0.1) is 5.82 Å². The van der Waals surface area contributed by atoms with Gasteiger partial charge in [0.05, 0.1) is 5.69 Å². The Morgan fingerprint density at radius 1 is 1.42 bits per heavy atom. The molecule has 0 saturated carbocycles. The van der Waals surface area contributed by atoms with Gasteiger partial charge in [0.2, 0.25) is 0 Å². The fourth-order valence-corrected chi connectivity index (χ4v) is 2.27. The van der Waals surface area contributed by atoms with Gasteiger partial charge in [0.25, 0.3) is 0 Å². The lowest BCUT2D eigenvalue weighted by Crippen LogP contribution is -2.18. The predicted molar refractivity (Wildman–Crippen MR) is 75.6 cm³/mol. The van der Waals surface area contributed by atoms with Gasteiger partial charge in [-0.05, 0) is 38.2 Å². The molecule has 0 bridgehead atoms. The summed E-state index contributed by atoms with van der Waals surface area (Å²) in [5, 5.41) is 7.46. The fraction of sp³-hybridized carbons (Fsp3) is 0.357. The van der Waals surface area contributed by atoms with Gasteiger partial charge in [-0.2, -0.15) is 5.10 Å². The first-order valence-corrected chi connectivity index (χ1v) is 6.66. The van der Waals surface area contributed by atoms with Crippen molar-refractivity contribution in [2.24, 2.45) is 0 Å². The van der Waals surface area contributed by atoms with Gasteiger partial charge in [0.1, 0.15) is 5.82 Å². The number of benzene rings is 1. The Balaban J connectivity index is 2.31. The van der Waals surface area contributed by atoms with E-state index in [2.05, 4.69) is 22.0 Å². The molecule has 102 valence electrons. The summed E-state index contributed by atoms with van der Waals surface area (Å²) < 4.78 is 13.9. The van der Waals surface area contributed by atoms with Crippen LogP contribution in [0.5, 0.6) is 0 Å². The second kappa shape index (κ2) is 6.17. The highest BCUT2D eigenvalue weighted by Gasteiger charge is 2.14. The van der Waals surface area contributed by atoms with Crippen LogP contribution in [0.1, 0.15) is 18.9 Å². The van der Waals surface area contributed by atoms with Crippen LogP contribution in [-0.4, -0.2) is 28.7 Å². The minimum absolute atomic E-state index is 0.309. The number of aromatic nitrogens is 2. The molecular weight excluding hydrogens is 265 g/mol. The lowest BCUT2D eigenvalue weighted by Gasteiger charge is -2.15. The Morgan fingerprint density at radius 3 is 2.95 bits per heavy atom. The van der Waals surface area contributed by atoms with E-state index in [1.807, 2.05) is 13.2 Å².